The number of nitrogens with one attached hydrogen (secondary N) is 3. The van der Waals surface area contributed by atoms with Gasteiger partial charge in [-0.05, 0) is 110 Å². The summed E-state index contributed by atoms with van der Waals surface area (Å²) in [6, 6.07) is 18.9. The fourth-order valence-corrected chi connectivity index (χ4v) is 10.3. The van der Waals surface area contributed by atoms with Crippen LogP contribution in [0.3, 0.4) is 0 Å². The quantitative estimate of drug-likeness (QED) is 0.0746. The van der Waals surface area contributed by atoms with Crippen molar-refractivity contribution in [3.63, 3.8) is 0 Å². The first-order valence-electron chi connectivity index (χ1n) is 23.2. The molecule has 5 aromatic rings. The summed E-state index contributed by atoms with van der Waals surface area (Å²) in [5.74, 6) is 1.50. The summed E-state index contributed by atoms with van der Waals surface area (Å²) in [4.78, 5) is 76.4. The van der Waals surface area contributed by atoms with Gasteiger partial charge >= 0.3 is 12.2 Å². The van der Waals surface area contributed by atoms with E-state index >= 15 is 0 Å². The first-order chi connectivity index (χ1) is 31.8. The number of aromatic nitrogens is 4. The lowest BCUT2D eigenvalue weighted by Gasteiger charge is -2.33. The minimum Gasteiger partial charge on any atom is -0.491 e. The Morgan fingerprint density at radius 3 is 1.77 bits per heavy atom. The van der Waals surface area contributed by atoms with E-state index in [-0.39, 0.29) is 47.8 Å². The molecule has 17 heteroatoms. The van der Waals surface area contributed by atoms with Crippen LogP contribution in [0.4, 0.5) is 15.3 Å². The molecule has 0 aliphatic carbocycles. The zero-order chi connectivity index (χ0) is 46.8. The Kier molecular flexibility index (Phi) is 13.7. The molecule has 0 radical (unpaired) electrons. The molecule has 0 spiro atoms. The topological polar surface area (TPSA) is 199 Å². The number of hydrogen-bond donors (Lipinski definition) is 4. The lowest BCUT2D eigenvalue weighted by atomic mass is 10.0. The molecule has 2 aromatic heterocycles. The molecule has 17 nitrogen and oxygen atoms in total. The molecule has 0 bridgehead atoms. The summed E-state index contributed by atoms with van der Waals surface area (Å²) in [6.07, 6.45) is 3.09. The average Bonchev–Trinajstić information content (AvgIpc) is 4.16. The molecule has 352 valence electrons. The average molecular weight is 906 g/mol. The van der Waals surface area contributed by atoms with Gasteiger partial charge in [-0.3, -0.25) is 14.5 Å². The number of hydrogen-bond acceptors (Lipinski definition) is 10. The number of imidazole rings is 2. The Bertz CT molecular complexity index is 2540. The first-order valence-corrected chi connectivity index (χ1v) is 23.2. The van der Waals surface area contributed by atoms with Crippen LogP contribution >= 0.6 is 0 Å². The maximum Gasteiger partial charge on any atom is 0.407 e. The van der Waals surface area contributed by atoms with Gasteiger partial charge in [-0.15, -0.1) is 0 Å². The molecule has 0 saturated carbocycles. The fraction of sp³-hybridized carbons (Fsp3) is 0.510. The number of aromatic amines is 2. The number of likely N-dealkylation sites (tertiary alicyclic amines) is 2. The maximum atomic E-state index is 13.9. The van der Waals surface area contributed by atoms with E-state index in [4.69, 9.17) is 24.2 Å². The Morgan fingerprint density at radius 1 is 0.742 bits per heavy atom. The van der Waals surface area contributed by atoms with Crippen molar-refractivity contribution < 1.29 is 38.5 Å². The van der Waals surface area contributed by atoms with Crippen LogP contribution in [0.15, 0.2) is 60.7 Å². The number of amides is 4. The molecule has 0 unspecified atom stereocenters. The van der Waals surface area contributed by atoms with Gasteiger partial charge in [0.05, 0.1) is 60.0 Å². The van der Waals surface area contributed by atoms with Gasteiger partial charge in [0.25, 0.3) is 0 Å². The number of methoxy groups -OCH3 is 2. The molecular formula is C49H63N9O8. The van der Waals surface area contributed by atoms with Gasteiger partial charge in [0.2, 0.25) is 11.8 Å². The Hall–Kier alpha value is -6.36. The number of alkyl carbamates (subject to hydrolysis) is 1. The Morgan fingerprint density at radius 2 is 1.29 bits per heavy atom. The molecule has 6 atom stereocenters. The molecule has 3 aliphatic rings. The predicted octanol–water partition coefficient (Wildman–Crippen LogP) is 7.89. The zero-order valence-corrected chi connectivity index (χ0v) is 39.0. The summed E-state index contributed by atoms with van der Waals surface area (Å²) in [5, 5.41) is 12.5. The second-order valence-corrected chi connectivity index (χ2v) is 18.5. The van der Waals surface area contributed by atoms with Crippen molar-refractivity contribution in [3.05, 3.63) is 83.4 Å². The Balaban J connectivity index is 1.08. The number of carbonyl (C=O) groups is 4. The summed E-state index contributed by atoms with van der Waals surface area (Å²) < 4.78 is 16.0. The van der Waals surface area contributed by atoms with Crippen LogP contribution in [0.25, 0.3) is 22.1 Å². The molecule has 66 heavy (non-hydrogen) atoms. The van der Waals surface area contributed by atoms with E-state index in [1.54, 1.807) is 12.0 Å². The van der Waals surface area contributed by atoms with Crippen molar-refractivity contribution in [2.75, 3.05) is 52.5 Å². The second kappa shape index (κ2) is 19.6. The number of carboxylic acid groups (broad SMARTS) is 1. The highest BCUT2D eigenvalue weighted by atomic mass is 16.5. The van der Waals surface area contributed by atoms with Crippen molar-refractivity contribution >= 4 is 51.8 Å². The number of fused-ring (bicyclic) bond motifs is 2. The number of ether oxygens (including phenoxy) is 3. The van der Waals surface area contributed by atoms with E-state index in [0.717, 1.165) is 93.9 Å². The highest BCUT2D eigenvalue weighted by molar-refractivity contribution is 5.87. The summed E-state index contributed by atoms with van der Waals surface area (Å²) in [7, 11) is 4.40. The molecule has 4 amide bonds. The van der Waals surface area contributed by atoms with Gasteiger partial charge in [-0.25, -0.2) is 19.6 Å². The summed E-state index contributed by atoms with van der Waals surface area (Å²) in [6.45, 7) is 9.60. The molecule has 3 fully saturated rings. The van der Waals surface area contributed by atoms with Crippen molar-refractivity contribution in [1.29, 1.82) is 0 Å². The van der Waals surface area contributed by atoms with Crippen LogP contribution in [0.5, 0.6) is 5.75 Å². The van der Waals surface area contributed by atoms with E-state index in [9.17, 15) is 24.3 Å². The summed E-state index contributed by atoms with van der Waals surface area (Å²) in [5.41, 5.74) is 6.65. The maximum absolute atomic E-state index is 13.9. The van der Waals surface area contributed by atoms with Crippen LogP contribution in [0.2, 0.25) is 0 Å². The number of H-pyrrole nitrogens is 2. The molecule has 8 rings (SSSR count). The molecule has 3 aromatic carbocycles. The normalized spacial score (nSPS) is 20.7. The van der Waals surface area contributed by atoms with Crippen molar-refractivity contribution in [3.8, 4) is 5.75 Å². The highest BCUT2D eigenvalue weighted by Gasteiger charge is 2.41. The van der Waals surface area contributed by atoms with E-state index in [2.05, 4.69) is 68.7 Å². The van der Waals surface area contributed by atoms with Gasteiger partial charge in [0.15, 0.2) is 0 Å². The van der Waals surface area contributed by atoms with Gasteiger partial charge in [-0.1, -0.05) is 39.8 Å². The minimum absolute atomic E-state index is 0.00118. The van der Waals surface area contributed by atoms with Gasteiger partial charge in [0, 0.05) is 32.9 Å². The predicted molar refractivity (Wildman–Crippen MR) is 249 cm³/mol. The molecule has 3 aliphatic heterocycles. The number of benzene rings is 3. The third-order valence-corrected chi connectivity index (χ3v) is 13.6. The number of nitrogens with zero attached hydrogens (tertiary/aromatic N) is 6. The monoisotopic (exact) mass is 905 g/mol. The smallest absolute Gasteiger partial charge is 0.407 e. The first kappa shape index (κ1) is 46.2. The standard InChI is InChI=1S/C49H63N9O8/c1-28(2)42(54-48(61)65-7)46(59)56-22-8-10-40(56)44-50-34-18-12-30(26-36(34)52-44)38-20-21-39(58(38)32-14-16-33(17-15-32)66-25-24-64-6)31-13-19-35-37(27-31)53-45(51-35)41-11-9-23-57(41)47(60)43(29(3)4)55(5)49(62)63/h12-19,26-29,38-43H,8-11,20-25H2,1-7H3,(H,50,52)(H,51,53)(H,54,61)(H,62,63)/t38-,39-,40+,41+,42+,43+/m1/s1. The van der Waals surface area contributed by atoms with E-state index in [1.807, 2.05) is 44.7 Å². The van der Waals surface area contributed by atoms with Gasteiger partial charge in [0.1, 0.15) is 36.1 Å². The lowest BCUT2D eigenvalue weighted by Crippen LogP contribution is -2.51. The SMILES string of the molecule is COCCOc1ccc(N2[C@@H](c3ccc4[nH]c([C@@H]5CCCN5C(=O)[C@@H](NC(=O)OC)C(C)C)nc4c3)CC[C@@H]2c2ccc3[nH]c([C@@H]4CCCN4C(=O)[C@H](C(C)C)N(C)C(=O)O)nc3c2)cc1. The van der Waals surface area contributed by atoms with Crippen molar-refractivity contribution in [1.82, 2.24) is 40.0 Å². The molecule has 5 heterocycles. The number of anilines is 1. The third kappa shape index (κ3) is 9.22. The fourth-order valence-electron chi connectivity index (χ4n) is 10.3. The minimum atomic E-state index is -1.13. The van der Waals surface area contributed by atoms with Crippen molar-refractivity contribution in [2.45, 2.75) is 102 Å². The molecule has 3 saturated heterocycles. The largest absolute Gasteiger partial charge is 0.491 e. The molecule has 4 N–H and O–H groups in total. The van der Waals surface area contributed by atoms with E-state index < -0.39 is 24.3 Å². The van der Waals surface area contributed by atoms with Crippen LogP contribution in [-0.4, -0.2) is 123 Å². The van der Waals surface area contributed by atoms with Crippen LogP contribution in [0.1, 0.15) is 113 Å². The van der Waals surface area contributed by atoms with Gasteiger partial charge < -0.3 is 49.3 Å². The van der Waals surface area contributed by atoms with Crippen LogP contribution in [0, 0.1) is 11.8 Å². The lowest BCUT2D eigenvalue weighted by molar-refractivity contribution is -0.138. The van der Waals surface area contributed by atoms with Crippen LogP contribution in [-0.2, 0) is 19.1 Å². The van der Waals surface area contributed by atoms with Crippen LogP contribution < -0.4 is 15.0 Å². The highest BCUT2D eigenvalue weighted by Crippen LogP contribution is 2.48. The number of likely N-dealkylation sites (N-methyl/N-ethyl adjacent to an activating group) is 1. The van der Waals surface area contributed by atoms with Gasteiger partial charge in [-0.2, -0.15) is 0 Å². The number of carbonyl (C=O) groups excluding carboxylic acids is 3. The van der Waals surface area contributed by atoms with Crippen molar-refractivity contribution in [2.24, 2.45) is 11.8 Å². The summed E-state index contributed by atoms with van der Waals surface area (Å²) >= 11 is 0. The van der Waals surface area contributed by atoms with E-state index in [0.29, 0.717) is 32.1 Å². The third-order valence-electron chi connectivity index (χ3n) is 13.6. The molecular weight excluding hydrogens is 843 g/mol. The number of rotatable bonds is 15. The van der Waals surface area contributed by atoms with E-state index in [1.165, 1.54) is 14.2 Å². The Labute approximate surface area is 385 Å². The second-order valence-electron chi connectivity index (χ2n) is 18.5. The zero-order valence-electron chi connectivity index (χ0n) is 39.0.